The van der Waals surface area contributed by atoms with Crippen molar-refractivity contribution in [1.29, 1.82) is 0 Å². The summed E-state index contributed by atoms with van der Waals surface area (Å²) in [5.74, 6) is 0.767. The van der Waals surface area contributed by atoms with Crippen molar-refractivity contribution in [3.8, 4) is 0 Å². The molecule has 0 saturated heterocycles. The molecule has 0 bridgehead atoms. The Kier molecular flexibility index (Phi) is 8.14. The minimum atomic E-state index is -0.214. The molecule has 6 heteroatoms. The summed E-state index contributed by atoms with van der Waals surface area (Å²) >= 11 is 1.79. The third-order valence-electron chi connectivity index (χ3n) is 2.75. The van der Waals surface area contributed by atoms with Crippen LogP contribution in [-0.4, -0.2) is 60.0 Å². The smallest absolute Gasteiger partial charge is 0.240 e. The second-order valence-corrected chi connectivity index (χ2v) is 8.30. The van der Waals surface area contributed by atoms with Crippen LogP contribution in [0.2, 0.25) is 0 Å². The van der Waals surface area contributed by atoms with Crippen LogP contribution in [0.15, 0.2) is 4.99 Å². The standard InChI is InChI=1S/C15H32N4OS/c1-9-16-13(17-11-15(5,6)21-8)19(7)10-12(20)18-14(2,3)4/h9-11H2,1-8H3,(H,16,17)(H,18,20). The predicted molar refractivity (Wildman–Crippen MR) is 94.1 cm³/mol. The van der Waals surface area contributed by atoms with Crippen molar-refractivity contribution in [3.63, 3.8) is 0 Å². The first-order valence-electron chi connectivity index (χ1n) is 7.36. The van der Waals surface area contributed by atoms with E-state index in [0.29, 0.717) is 13.1 Å². The molecule has 0 atom stereocenters. The van der Waals surface area contributed by atoms with Gasteiger partial charge in [0.1, 0.15) is 0 Å². The van der Waals surface area contributed by atoms with E-state index in [1.165, 1.54) is 0 Å². The topological polar surface area (TPSA) is 56.7 Å². The average molecular weight is 317 g/mol. The summed E-state index contributed by atoms with van der Waals surface area (Å²) in [6.45, 7) is 14.1. The Morgan fingerprint density at radius 2 is 1.81 bits per heavy atom. The minimum Gasteiger partial charge on any atom is -0.357 e. The number of carbonyl (C=O) groups excluding carboxylic acids is 1. The van der Waals surface area contributed by atoms with Gasteiger partial charge in [-0.2, -0.15) is 11.8 Å². The Bertz CT molecular complexity index is 361. The van der Waals surface area contributed by atoms with Crippen LogP contribution >= 0.6 is 11.8 Å². The lowest BCUT2D eigenvalue weighted by Gasteiger charge is -2.26. The molecule has 0 rings (SSSR count). The summed E-state index contributed by atoms with van der Waals surface area (Å²) in [5, 5.41) is 6.20. The molecule has 0 aliphatic carbocycles. The highest BCUT2D eigenvalue weighted by Crippen LogP contribution is 2.21. The lowest BCUT2D eigenvalue weighted by atomic mass is 10.1. The zero-order valence-corrected chi connectivity index (χ0v) is 15.6. The predicted octanol–water partition coefficient (Wildman–Crippen LogP) is 1.94. The number of aliphatic imine (C=N–C) groups is 1. The van der Waals surface area contributed by atoms with Crippen molar-refractivity contribution in [1.82, 2.24) is 15.5 Å². The molecule has 2 N–H and O–H groups in total. The Balaban J connectivity index is 4.72. The molecule has 1 amide bonds. The second-order valence-electron chi connectivity index (χ2n) is 6.79. The number of nitrogens with one attached hydrogen (secondary N) is 2. The summed E-state index contributed by atoms with van der Waals surface area (Å²) in [6.07, 6.45) is 2.09. The molecule has 0 aromatic rings. The number of likely N-dealkylation sites (N-methyl/N-ethyl adjacent to an activating group) is 1. The summed E-state index contributed by atoms with van der Waals surface area (Å²) in [6, 6.07) is 0. The fourth-order valence-electron chi connectivity index (χ4n) is 1.55. The number of thioether (sulfide) groups is 1. The number of hydrogen-bond acceptors (Lipinski definition) is 3. The maximum absolute atomic E-state index is 12.0. The minimum absolute atomic E-state index is 0.000250. The highest BCUT2D eigenvalue weighted by Gasteiger charge is 2.19. The summed E-state index contributed by atoms with van der Waals surface area (Å²) in [4.78, 5) is 18.5. The maximum atomic E-state index is 12.0. The van der Waals surface area contributed by atoms with Gasteiger partial charge in [0.2, 0.25) is 5.91 Å². The van der Waals surface area contributed by atoms with E-state index in [1.54, 1.807) is 11.8 Å². The number of hydrogen-bond donors (Lipinski definition) is 2. The first-order chi connectivity index (χ1) is 9.50. The quantitative estimate of drug-likeness (QED) is 0.581. The van der Waals surface area contributed by atoms with E-state index in [9.17, 15) is 4.79 Å². The molecule has 124 valence electrons. The molecule has 0 unspecified atom stereocenters. The maximum Gasteiger partial charge on any atom is 0.240 e. The van der Waals surface area contributed by atoms with Crippen molar-refractivity contribution < 1.29 is 4.79 Å². The van der Waals surface area contributed by atoms with Gasteiger partial charge < -0.3 is 15.5 Å². The summed E-state index contributed by atoms with van der Waals surface area (Å²) in [7, 11) is 1.88. The van der Waals surface area contributed by atoms with Crippen molar-refractivity contribution in [2.45, 2.75) is 51.8 Å². The molecule has 0 aliphatic heterocycles. The Morgan fingerprint density at radius 3 is 2.24 bits per heavy atom. The zero-order chi connectivity index (χ0) is 16.7. The Labute approximate surface area is 134 Å². The molecule has 0 radical (unpaired) electrons. The average Bonchev–Trinajstić information content (AvgIpc) is 2.31. The van der Waals surface area contributed by atoms with Crippen LogP contribution in [0.5, 0.6) is 0 Å². The molecular weight excluding hydrogens is 284 g/mol. The van der Waals surface area contributed by atoms with Gasteiger partial charge in [0.25, 0.3) is 0 Å². The highest BCUT2D eigenvalue weighted by molar-refractivity contribution is 7.99. The lowest BCUT2D eigenvalue weighted by Crippen LogP contribution is -2.49. The highest BCUT2D eigenvalue weighted by atomic mass is 32.2. The van der Waals surface area contributed by atoms with Crippen LogP contribution in [0, 0.1) is 0 Å². The first kappa shape index (κ1) is 20.1. The van der Waals surface area contributed by atoms with Crippen LogP contribution < -0.4 is 10.6 Å². The molecule has 0 fully saturated rings. The first-order valence-corrected chi connectivity index (χ1v) is 8.59. The number of amides is 1. The fraction of sp³-hybridized carbons (Fsp3) is 0.867. The van der Waals surface area contributed by atoms with Crippen molar-refractivity contribution in [2.24, 2.45) is 4.99 Å². The Morgan fingerprint density at radius 1 is 1.24 bits per heavy atom. The molecule has 0 aromatic carbocycles. The number of nitrogens with zero attached hydrogens (tertiary/aromatic N) is 2. The second kappa shape index (κ2) is 8.51. The van der Waals surface area contributed by atoms with Crippen LogP contribution in [0.25, 0.3) is 0 Å². The van der Waals surface area contributed by atoms with E-state index >= 15 is 0 Å². The van der Waals surface area contributed by atoms with E-state index in [4.69, 9.17) is 0 Å². The number of guanidine groups is 1. The SMILES string of the molecule is CCNC(=NCC(C)(C)SC)N(C)CC(=O)NC(C)(C)C. The van der Waals surface area contributed by atoms with Gasteiger partial charge in [-0.05, 0) is 47.8 Å². The van der Waals surface area contributed by atoms with Crippen molar-refractivity contribution in [2.75, 3.05) is 32.9 Å². The van der Waals surface area contributed by atoms with Crippen LogP contribution in [0.1, 0.15) is 41.5 Å². The number of carbonyl (C=O) groups is 1. The summed E-state index contributed by atoms with van der Waals surface area (Å²) < 4.78 is 0.0924. The van der Waals surface area contributed by atoms with Crippen LogP contribution in [-0.2, 0) is 4.79 Å². The molecule has 0 aliphatic rings. The normalized spacial score (nSPS) is 13.0. The molecule has 21 heavy (non-hydrogen) atoms. The van der Waals surface area contributed by atoms with Crippen molar-refractivity contribution >= 4 is 23.6 Å². The van der Waals surface area contributed by atoms with E-state index in [-0.39, 0.29) is 16.2 Å². The van der Waals surface area contributed by atoms with Gasteiger partial charge in [0.05, 0.1) is 13.1 Å². The number of rotatable bonds is 6. The molecule has 5 nitrogen and oxygen atoms in total. The molecular formula is C15H32N4OS. The van der Waals surface area contributed by atoms with E-state index in [2.05, 4.69) is 35.7 Å². The van der Waals surface area contributed by atoms with Gasteiger partial charge >= 0.3 is 0 Å². The summed E-state index contributed by atoms with van der Waals surface area (Å²) in [5.41, 5.74) is -0.214. The lowest BCUT2D eigenvalue weighted by molar-refractivity contribution is -0.122. The van der Waals surface area contributed by atoms with Gasteiger partial charge in [0, 0.05) is 23.9 Å². The fourth-order valence-corrected chi connectivity index (χ4v) is 1.74. The monoisotopic (exact) mass is 316 g/mol. The van der Waals surface area contributed by atoms with E-state index in [1.807, 2.05) is 39.6 Å². The Hall–Kier alpha value is -0.910. The third-order valence-corrected chi connectivity index (χ3v) is 3.99. The molecule has 0 heterocycles. The molecule has 0 spiro atoms. The van der Waals surface area contributed by atoms with Gasteiger partial charge in [-0.15, -0.1) is 0 Å². The van der Waals surface area contributed by atoms with Crippen LogP contribution in [0.4, 0.5) is 0 Å². The van der Waals surface area contributed by atoms with E-state index in [0.717, 1.165) is 12.5 Å². The van der Waals surface area contributed by atoms with Gasteiger partial charge in [-0.1, -0.05) is 0 Å². The largest absolute Gasteiger partial charge is 0.357 e. The van der Waals surface area contributed by atoms with Gasteiger partial charge in [-0.25, -0.2) is 0 Å². The molecule has 0 aromatic heterocycles. The van der Waals surface area contributed by atoms with Gasteiger partial charge in [-0.3, -0.25) is 9.79 Å². The van der Waals surface area contributed by atoms with E-state index < -0.39 is 0 Å². The third kappa shape index (κ3) is 9.61. The zero-order valence-electron chi connectivity index (χ0n) is 14.8. The molecule has 0 saturated carbocycles. The van der Waals surface area contributed by atoms with Crippen LogP contribution in [0.3, 0.4) is 0 Å². The van der Waals surface area contributed by atoms with Crippen molar-refractivity contribution in [3.05, 3.63) is 0 Å². The van der Waals surface area contributed by atoms with Gasteiger partial charge in [0.15, 0.2) is 5.96 Å².